The van der Waals surface area contributed by atoms with Gasteiger partial charge in [0.1, 0.15) is 5.75 Å². The topological polar surface area (TPSA) is 120 Å². The van der Waals surface area contributed by atoms with E-state index in [0.717, 1.165) is 5.56 Å². The Labute approximate surface area is 164 Å². The van der Waals surface area contributed by atoms with Crippen LogP contribution in [0.1, 0.15) is 11.5 Å². The van der Waals surface area contributed by atoms with Crippen molar-refractivity contribution in [3.05, 3.63) is 69.1 Å². The minimum atomic E-state index is -0.478. The Hall–Kier alpha value is -3.46. The highest BCUT2D eigenvalue weighted by molar-refractivity contribution is 6.30. The minimum absolute atomic E-state index is 0.00955. The molecule has 0 aliphatic carbocycles. The molecule has 0 spiro atoms. The molecule has 10 heteroatoms. The predicted molar refractivity (Wildman–Crippen MR) is 99.9 cm³/mol. The number of halogens is 1. The van der Waals surface area contributed by atoms with Crippen molar-refractivity contribution in [3.63, 3.8) is 0 Å². The van der Waals surface area contributed by atoms with Crippen LogP contribution >= 0.6 is 11.6 Å². The Kier molecular flexibility index (Phi) is 5.85. The van der Waals surface area contributed by atoms with E-state index in [9.17, 15) is 14.9 Å². The molecule has 1 amide bonds. The van der Waals surface area contributed by atoms with Gasteiger partial charge in [-0.2, -0.15) is 4.98 Å². The Morgan fingerprint density at radius 1 is 1.29 bits per heavy atom. The van der Waals surface area contributed by atoms with E-state index in [0.29, 0.717) is 22.2 Å². The fourth-order valence-corrected chi connectivity index (χ4v) is 2.47. The maximum absolute atomic E-state index is 11.9. The number of nitrogens with one attached hydrogen (secondary N) is 1. The molecule has 0 fully saturated rings. The average Bonchev–Trinajstić information content (AvgIpc) is 3.14. The second kappa shape index (κ2) is 8.49. The number of aryl methyl sites for hydroxylation is 1. The lowest BCUT2D eigenvalue weighted by Gasteiger charge is -2.07. The van der Waals surface area contributed by atoms with E-state index in [4.69, 9.17) is 20.9 Å². The molecule has 0 radical (unpaired) electrons. The van der Waals surface area contributed by atoms with E-state index in [2.05, 4.69) is 15.5 Å². The third-order valence-electron chi connectivity index (χ3n) is 3.74. The van der Waals surface area contributed by atoms with Crippen molar-refractivity contribution in [2.75, 3.05) is 6.61 Å². The molecule has 144 valence electrons. The summed E-state index contributed by atoms with van der Waals surface area (Å²) in [5, 5.41) is 17.9. The van der Waals surface area contributed by atoms with Crippen molar-refractivity contribution in [2.24, 2.45) is 0 Å². The highest BCUT2D eigenvalue weighted by atomic mass is 35.5. The monoisotopic (exact) mass is 402 g/mol. The van der Waals surface area contributed by atoms with Gasteiger partial charge in [-0.05, 0) is 43.3 Å². The zero-order chi connectivity index (χ0) is 20.1. The van der Waals surface area contributed by atoms with Gasteiger partial charge in [-0.15, -0.1) is 0 Å². The van der Waals surface area contributed by atoms with E-state index in [1.807, 2.05) is 0 Å². The molecule has 0 saturated carbocycles. The number of benzene rings is 2. The van der Waals surface area contributed by atoms with Crippen LogP contribution < -0.4 is 10.1 Å². The zero-order valence-electron chi connectivity index (χ0n) is 14.7. The number of hydrogen-bond donors (Lipinski definition) is 1. The van der Waals surface area contributed by atoms with Crippen molar-refractivity contribution < 1.29 is 19.0 Å². The number of aromatic nitrogens is 2. The summed E-state index contributed by atoms with van der Waals surface area (Å²) in [5.74, 6) is 0.589. The van der Waals surface area contributed by atoms with Gasteiger partial charge in [-0.3, -0.25) is 14.9 Å². The van der Waals surface area contributed by atoms with Crippen LogP contribution in [-0.2, 0) is 11.3 Å². The smallest absolute Gasteiger partial charge is 0.272 e. The maximum Gasteiger partial charge on any atom is 0.272 e. The van der Waals surface area contributed by atoms with Gasteiger partial charge in [0, 0.05) is 22.2 Å². The van der Waals surface area contributed by atoms with Crippen LogP contribution in [0.5, 0.6) is 5.75 Å². The normalized spacial score (nSPS) is 10.5. The van der Waals surface area contributed by atoms with Gasteiger partial charge in [-0.1, -0.05) is 16.8 Å². The largest absolute Gasteiger partial charge is 0.484 e. The van der Waals surface area contributed by atoms with E-state index in [-0.39, 0.29) is 24.7 Å². The number of nitro groups is 1. The van der Waals surface area contributed by atoms with Crippen molar-refractivity contribution in [1.82, 2.24) is 15.5 Å². The summed E-state index contributed by atoms with van der Waals surface area (Å²) in [6.45, 7) is 1.39. The number of amides is 1. The quantitative estimate of drug-likeness (QED) is 0.475. The first-order valence-corrected chi connectivity index (χ1v) is 8.53. The lowest BCUT2D eigenvalue weighted by atomic mass is 10.2. The summed E-state index contributed by atoms with van der Waals surface area (Å²) in [6, 6.07) is 11.2. The lowest BCUT2D eigenvalue weighted by molar-refractivity contribution is -0.385. The van der Waals surface area contributed by atoms with Gasteiger partial charge in [0.15, 0.2) is 6.61 Å². The SMILES string of the molecule is Cc1cc(OCC(=O)NCc2nc(-c3ccc(Cl)cc3)no2)ccc1[N+](=O)[O-]. The predicted octanol–water partition coefficient (Wildman–Crippen LogP) is 3.30. The molecule has 0 aliphatic rings. The molecule has 0 unspecified atom stereocenters. The van der Waals surface area contributed by atoms with Crippen molar-refractivity contribution >= 4 is 23.2 Å². The van der Waals surface area contributed by atoms with Gasteiger partial charge in [0.2, 0.25) is 11.7 Å². The zero-order valence-corrected chi connectivity index (χ0v) is 15.5. The molecule has 2 aromatic carbocycles. The number of ether oxygens (including phenoxy) is 1. The number of carbonyl (C=O) groups excluding carboxylic acids is 1. The molecule has 1 heterocycles. The fourth-order valence-electron chi connectivity index (χ4n) is 2.34. The lowest BCUT2D eigenvalue weighted by Crippen LogP contribution is -2.28. The summed E-state index contributed by atoms with van der Waals surface area (Å²) < 4.78 is 10.4. The van der Waals surface area contributed by atoms with Crippen molar-refractivity contribution in [3.8, 4) is 17.1 Å². The summed E-state index contributed by atoms with van der Waals surface area (Å²) in [6.07, 6.45) is 0. The third kappa shape index (κ3) is 4.83. The van der Waals surface area contributed by atoms with E-state index >= 15 is 0 Å². The molecule has 0 bridgehead atoms. The molecular formula is C18H15ClN4O5. The van der Waals surface area contributed by atoms with Crippen LogP contribution in [0, 0.1) is 17.0 Å². The van der Waals surface area contributed by atoms with Crippen LogP contribution in [0.3, 0.4) is 0 Å². The van der Waals surface area contributed by atoms with Crippen LogP contribution in [0.2, 0.25) is 5.02 Å². The Morgan fingerprint density at radius 2 is 2.04 bits per heavy atom. The summed E-state index contributed by atoms with van der Waals surface area (Å²) in [4.78, 5) is 26.4. The summed E-state index contributed by atoms with van der Waals surface area (Å²) >= 11 is 5.84. The third-order valence-corrected chi connectivity index (χ3v) is 3.99. The van der Waals surface area contributed by atoms with Gasteiger partial charge in [0.05, 0.1) is 11.5 Å². The first-order chi connectivity index (χ1) is 13.4. The molecule has 28 heavy (non-hydrogen) atoms. The standard InChI is InChI=1S/C18H15ClN4O5/c1-11-8-14(6-7-15(11)23(25)26)27-10-16(24)20-9-17-21-18(22-28-17)12-2-4-13(19)5-3-12/h2-8H,9-10H2,1H3,(H,20,24). The Balaban J connectivity index is 1.50. The van der Waals surface area contributed by atoms with E-state index < -0.39 is 10.8 Å². The van der Waals surface area contributed by atoms with E-state index in [1.54, 1.807) is 31.2 Å². The van der Waals surface area contributed by atoms with Gasteiger partial charge < -0.3 is 14.6 Å². The molecule has 0 aliphatic heterocycles. The first kappa shape index (κ1) is 19.3. The summed E-state index contributed by atoms with van der Waals surface area (Å²) in [5.41, 5.74) is 1.18. The number of nitro benzene ring substituents is 1. The summed E-state index contributed by atoms with van der Waals surface area (Å²) in [7, 11) is 0. The Morgan fingerprint density at radius 3 is 2.71 bits per heavy atom. The van der Waals surface area contributed by atoms with Gasteiger partial charge >= 0.3 is 0 Å². The maximum atomic E-state index is 11.9. The number of carbonyl (C=O) groups is 1. The highest BCUT2D eigenvalue weighted by Gasteiger charge is 2.13. The number of hydrogen-bond acceptors (Lipinski definition) is 7. The molecule has 9 nitrogen and oxygen atoms in total. The van der Waals surface area contributed by atoms with Gasteiger partial charge in [-0.25, -0.2) is 0 Å². The molecule has 0 atom stereocenters. The van der Waals surface area contributed by atoms with Crippen LogP contribution in [0.25, 0.3) is 11.4 Å². The van der Waals surface area contributed by atoms with Gasteiger partial charge in [0.25, 0.3) is 11.6 Å². The van der Waals surface area contributed by atoms with Crippen molar-refractivity contribution in [2.45, 2.75) is 13.5 Å². The fraction of sp³-hybridized carbons (Fsp3) is 0.167. The molecule has 3 rings (SSSR count). The van der Waals surface area contributed by atoms with Crippen molar-refractivity contribution in [1.29, 1.82) is 0 Å². The Bertz CT molecular complexity index is 1000. The molecule has 1 N–H and O–H groups in total. The minimum Gasteiger partial charge on any atom is -0.484 e. The van der Waals surface area contributed by atoms with Crippen LogP contribution in [0.4, 0.5) is 5.69 Å². The number of rotatable bonds is 7. The molecule has 0 saturated heterocycles. The average molecular weight is 403 g/mol. The number of nitrogens with zero attached hydrogens (tertiary/aromatic N) is 3. The van der Waals surface area contributed by atoms with Crippen LogP contribution in [-0.4, -0.2) is 27.6 Å². The first-order valence-electron chi connectivity index (χ1n) is 8.15. The van der Waals surface area contributed by atoms with Crippen LogP contribution in [0.15, 0.2) is 47.0 Å². The second-order valence-corrected chi connectivity index (χ2v) is 6.23. The second-order valence-electron chi connectivity index (χ2n) is 5.79. The molecule has 1 aromatic heterocycles. The molecular weight excluding hydrogens is 388 g/mol. The van der Waals surface area contributed by atoms with E-state index in [1.165, 1.54) is 18.2 Å². The highest BCUT2D eigenvalue weighted by Crippen LogP contribution is 2.23. The molecule has 3 aromatic rings.